The summed E-state index contributed by atoms with van der Waals surface area (Å²) in [6, 6.07) is 2.01. The van der Waals surface area contributed by atoms with Crippen LogP contribution in [0, 0.1) is 6.92 Å². The van der Waals surface area contributed by atoms with Crippen molar-refractivity contribution in [1.29, 1.82) is 0 Å². The van der Waals surface area contributed by atoms with Gasteiger partial charge in [0.05, 0.1) is 5.69 Å². The van der Waals surface area contributed by atoms with Gasteiger partial charge in [-0.25, -0.2) is 15.0 Å². The molecule has 2 heterocycles. The molecule has 0 radical (unpaired) electrons. The summed E-state index contributed by atoms with van der Waals surface area (Å²) in [6.45, 7) is 9.13. The fraction of sp³-hybridized carbons (Fsp3) is 0.500. The van der Waals surface area contributed by atoms with Crippen LogP contribution in [0.2, 0.25) is 0 Å². The highest BCUT2D eigenvalue weighted by molar-refractivity contribution is 5.44. The lowest BCUT2D eigenvalue weighted by molar-refractivity contribution is 0.421. The molecule has 0 aromatic carbocycles. The fourth-order valence-electron chi connectivity index (χ4n) is 1.76. The van der Waals surface area contributed by atoms with Crippen LogP contribution in [0.5, 0.6) is 0 Å². The Kier molecular flexibility index (Phi) is 3.66. The van der Waals surface area contributed by atoms with Gasteiger partial charge in [-0.3, -0.25) is 0 Å². The number of hydrogen-bond donors (Lipinski definition) is 1. The van der Waals surface area contributed by atoms with Gasteiger partial charge in [0, 0.05) is 37.2 Å². The molecule has 0 atom stereocenters. The summed E-state index contributed by atoms with van der Waals surface area (Å²) in [5, 5.41) is 3.44. The molecule has 0 unspecified atom stereocenters. The van der Waals surface area contributed by atoms with Crippen molar-refractivity contribution in [2.24, 2.45) is 7.05 Å². The minimum atomic E-state index is 0.0717. The molecule has 0 amide bonds. The van der Waals surface area contributed by atoms with Gasteiger partial charge in [-0.1, -0.05) is 0 Å². The monoisotopic (exact) mass is 259 g/mol. The van der Waals surface area contributed by atoms with E-state index >= 15 is 0 Å². The van der Waals surface area contributed by atoms with Crippen molar-refractivity contribution in [2.75, 3.05) is 0 Å². The Hall–Kier alpha value is -1.75. The first-order valence-electron chi connectivity index (χ1n) is 6.42. The number of nitrogens with zero attached hydrogens (tertiary/aromatic N) is 4. The molecule has 0 saturated carbocycles. The molecule has 0 aliphatic carbocycles. The molecule has 19 heavy (non-hydrogen) atoms. The summed E-state index contributed by atoms with van der Waals surface area (Å²) in [5.74, 6) is 1.47. The van der Waals surface area contributed by atoms with Crippen LogP contribution in [0.1, 0.15) is 32.2 Å². The van der Waals surface area contributed by atoms with E-state index in [-0.39, 0.29) is 5.54 Å². The Morgan fingerprint density at radius 3 is 2.58 bits per heavy atom. The minimum Gasteiger partial charge on any atom is -0.331 e. The predicted octanol–water partition coefficient (Wildman–Crippen LogP) is 2.07. The van der Waals surface area contributed by atoms with E-state index in [9.17, 15) is 0 Å². The van der Waals surface area contributed by atoms with Crippen LogP contribution in [0.4, 0.5) is 0 Å². The van der Waals surface area contributed by atoms with Gasteiger partial charge in [-0.2, -0.15) is 0 Å². The van der Waals surface area contributed by atoms with Gasteiger partial charge in [0.1, 0.15) is 0 Å². The second-order valence-corrected chi connectivity index (χ2v) is 5.79. The van der Waals surface area contributed by atoms with Gasteiger partial charge in [-0.05, 0) is 33.8 Å². The zero-order valence-corrected chi connectivity index (χ0v) is 12.2. The Morgan fingerprint density at radius 1 is 1.26 bits per heavy atom. The quantitative estimate of drug-likeness (QED) is 0.917. The average molecular weight is 259 g/mol. The molecule has 102 valence electrons. The molecule has 2 aromatic rings. The summed E-state index contributed by atoms with van der Waals surface area (Å²) in [6.07, 6.45) is 3.65. The normalized spacial score (nSPS) is 11.8. The largest absolute Gasteiger partial charge is 0.331 e. The third kappa shape index (κ3) is 3.61. The van der Waals surface area contributed by atoms with Gasteiger partial charge in [0.15, 0.2) is 11.6 Å². The van der Waals surface area contributed by atoms with Gasteiger partial charge in [0.25, 0.3) is 0 Å². The Morgan fingerprint density at radius 2 is 2.00 bits per heavy atom. The maximum absolute atomic E-state index is 4.58. The van der Waals surface area contributed by atoms with Crippen molar-refractivity contribution < 1.29 is 0 Å². The molecule has 0 aliphatic rings. The summed E-state index contributed by atoms with van der Waals surface area (Å²) in [5.41, 5.74) is 2.02. The SMILES string of the molecule is Cc1cc(CNC(C)(C)C)nc(-c2nccn2C)n1. The van der Waals surface area contributed by atoms with Crippen LogP contribution < -0.4 is 5.32 Å². The average Bonchev–Trinajstić information content (AvgIpc) is 2.71. The number of nitrogens with one attached hydrogen (secondary N) is 1. The van der Waals surface area contributed by atoms with E-state index in [2.05, 4.69) is 41.0 Å². The highest BCUT2D eigenvalue weighted by Crippen LogP contribution is 2.13. The third-order valence-electron chi connectivity index (χ3n) is 2.73. The van der Waals surface area contributed by atoms with Gasteiger partial charge < -0.3 is 9.88 Å². The first kappa shape index (κ1) is 13.7. The lowest BCUT2D eigenvalue weighted by atomic mass is 10.1. The Bertz CT molecular complexity index is 565. The number of imidazole rings is 1. The predicted molar refractivity (Wildman–Crippen MR) is 75.6 cm³/mol. The van der Waals surface area contributed by atoms with E-state index in [4.69, 9.17) is 0 Å². The van der Waals surface area contributed by atoms with Crippen molar-refractivity contribution in [1.82, 2.24) is 24.8 Å². The molecule has 0 saturated heterocycles. The molecular formula is C14H21N5. The van der Waals surface area contributed by atoms with Crippen LogP contribution >= 0.6 is 0 Å². The van der Waals surface area contributed by atoms with Crippen molar-refractivity contribution in [3.63, 3.8) is 0 Å². The molecular weight excluding hydrogens is 238 g/mol. The molecule has 2 rings (SSSR count). The number of hydrogen-bond acceptors (Lipinski definition) is 4. The third-order valence-corrected chi connectivity index (χ3v) is 2.73. The summed E-state index contributed by atoms with van der Waals surface area (Å²) >= 11 is 0. The van der Waals surface area contributed by atoms with Gasteiger partial charge in [0.2, 0.25) is 0 Å². The molecule has 0 spiro atoms. The van der Waals surface area contributed by atoms with Crippen LogP contribution in [-0.2, 0) is 13.6 Å². The lowest BCUT2D eigenvalue weighted by Crippen LogP contribution is -2.35. The topological polar surface area (TPSA) is 55.6 Å². The Labute approximate surface area is 114 Å². The van der Waals surface area contributed by atoms with Gasteiger partial charge in [-0.15, -0.1) is 0 Å². The molecule has 5 heteroatoms. The van der Waals surface area contributed by atoms with Crippen molar-refractivity contribution in [3.05, 3.63) is 29.8 Å². The minimum absolute atomic E-state index is 0.0717. The van der Waals surface area contributed by atoms with Crippen LogP contribution in [0.15, 0.2) is 18.5 Å². The van der Waals surface area contributed by atoms with Crippen LogP contribution in [-0.4, -0.2) is 25.1 Å². The maximum Gasteiger partial charge on any atom is 0.196 e. The molecule has 0 aliphatic heterocycles. The van der Waals surface area contributed by atoms with E-state index in [0.29, 0.717) is 5.82 Å². The zero-order valence-electron chi connectivity index (χ0n) is 12.2. The lowest BCUT2D eigenvalue weighted by Gasteiger charge is -2.20. The molecule has 0 fully saturated rings. The first-order chi connectivity index (χ1) is 8.85. The van der Waals surface area contributed by atoms with Crippen LogP contribution in [0.3, 0.4) is 0 Å². The number of aromatic nitrogens is 4. The highest BCUT2D eigenvalue weighted by atomic mass is 15.1. The smallest absolute Gasteiger partial charge is 0.196 e. The fourth-order valence-corrected chi connectivity index (χ4v) is 1.76. The summed E-state index contributed by atoms with van der Waals surface area (Å²) in [4.78, 5) is 13.3. The van der Waals surface area contributed by atoms with Crippen LogP contribution in [0.25, 0.3) is 11.6 Å². The second-order valence-electron chi connectivity index (χ2n) is 5.79. The standard InChI is InChI=1S/C14H21N5/c1-10-8-11(9-16-14(2,3)4)18-12(17-10)13-15-6-7-19(13)5/h6-8,16H,9H2,1-5H3. The van der Waals surface area contributed by atoms with E-state index in [1.165, 1.54) is 0 Å². The molecule has 0 bridgehead atoms. The summed E-state index contributed by atoms with van der Waals surface area (Å²) in [7, 11) is 1.95. The molecule has 1 N–H and O–H groups in total. The molecule has 2 aromatic heterocycles. The second kappa shape index (κ2) is 5.09. The van der Waals surface area contributed by atoms with Crippen molar-refractivity contribution >= 4 is 0 Å². The Balaban J connectivity index is 2.28. The van der Waals surface area contributed by atoms with Crippen molar-refractivity contribution in [3.8, 4) is 11.6 Å². The van der Waals surface area contributed by atoms with Gasteiger partial charge >= 0.3 is 0 Å². The summed E-state index contributed by atoms with van der Waals surface area (Å²) < 4.78 is 1.93. The zero-order chi connectivity index (χ0) is 14.0. The number of rotatable bonds is 3. The molecule has 5 nitrogen and oxygen atoms in total. The van der Waals surface area contributed by atoms with E-state index in [0.717, 1.165) is 23.8 Å². The van der Waals surface area contributed by atoms with Crippen molar-refractivity contribution in [2.45, 2.75) is 39.8 Å². The van der Waals surface area contributed by atoms with E-state index in [1.807, 2.05) is 30.8 Å². The van der Waals surface area contributed by atoms with E-state index in [1.54, 1.807) is 6.20 Å². The highest BCUT2D eigenvalue weighted by Gasteiger charge is 2.12. The number of aryl methyl sites for hydroxylation is 2. The maximum atomic E-state index is 4.58. The van der Waals surface area contributed by atoms with E-state index < -0.39 is 0 Å². The first-order valence-corrected chi connectivity index (χ1v) is 6.42.